The van der Waals surface area contributed by atoms with Gasteiger partial charge in [0.1, 0.15) is 6.04 Å². The van der Waals surface area contributed by atoms with Crippen molar-refractivity contribution in [1.82, 2.24) is 15.5 Å². The van der Waals surface area contributed by atoms with Gasteiger partial charge in [-0.25, -0.2) is 0 Å². The third kappa shape index (κ3) is 4.14. The lowest BCUT2D eigenvalue weighted by Crippen LogP contribution is -2.49. The van der Waals surface area contributed by atoms with Crippen LogP contribution >= 0.6 is 35.6 Å². The zero-order valence-electron chi connectivity index (χ0n) is 13.1. The van der Waals surface area contributed by atoms with Gasteiger partial charge in [0.2, 0.25) is 5.91 Å². The van der Waals surface area contributed by atoms with Crippen molar-refractivity contribution in [3.05, 3.63) is 33.8 Å². The summed E-state index contributed by atoms with van der Waals surface area (Å²) >= 11 is 11.9. The van der Waals surface area contributed by atoms with E-state index in [0.717, 1.165) is 25.9 Å². The number of carbonyl (C=O) groups is 2. The predicted octanol–water partition coefficient (Wildman–Crippen LogP) is 2.50. The Kier molecular flexibility index (Phi) is 6.75. The summed E-state index contributed by atoms with van der Waals surface area (Å²) < 4.78 is 0. The SMILES string of the molecule is Cl.O=C(NC1CCNC1)C1CCCN1C(=O)c1ccc(Cl)c(Cl)c1. The molecule has 0 aliphatic carbocycles. The van der Waals surface area contributed by atoms with Crippen molar-refractivity contribution in [3.63, 3.8) is 0 Å². The van der Waals surface area contributed by atoms with Crippen molar-refractivity contribution < 1.29 is 9.59 Å². The molecule has 2 fully saturated rings. The summed E-state index contributed by atoms with van der Waals surface area (Å²) in [5, 5.41) is 7.00. The van der Waals surface area contributed by atoms with Crippen LogP contribution in [-0.4, -0.2) is 48.4 Å². The number of hydrogen-bond donors (Lipinski definition) is 2. The van der Waals surface area contributed by atoms with Crippen LogP contribution in [0.5, 0.6) is 0 Å². The third-order valence-electron chi connectivity index (χ3n) is 4.39. The van der Waals surface area contributed by atoms with Crippen molar-refractivity contribution in [2.45, 2.75) is 31.3 Å². The standard InChI is InChI=1S/C16H19Cl2N3O2.ClH/c17-12-4-3-10(8-13(12)18)16(23)21-7-1-2-14(21)15(22)20-11-5-6-19-9-11;/h3-4,8,11,14,19H,1-2,5-7,9H2,(H,20,22);1H. The molecular weight excluding hydrogens is 373 g/mol. The Morgan fingerprint density at radius 3 is 2.67 bits per heavy atom. The molecule has 3 rings (SSSR count). The lowest BCUT2D eigenvalue weighted by atomic mass is 10.1. The van der Waals surface area contributed by atoms with E-state index in [1.165, 1.54) is 0 Å². The van der Waals surface area contributed by atoms with Gasteiger partial charge in [0.05, 0.1) is 10.0 Å². The summed E-state index contributed by atoms with van der Waals surface area (Å²) in [4.78, 5) is 26.8. The first-order chi connectivity index (χ1) is 11.1. The highest BCUT2D eigenvalue weighted by atomic mass is 35.5. The number of halogens is 3. The zero-order valence-corrected chi connectivity index (χ0v) is 15.4. The second kappa shape index (κ2) is 8.39. The van der Waals surface area contributed by atoms with E-state index in [9.17, 15) is 9.59 Å². The molecule has 0 aromatic heterocycles. The lowest BCUT2D eigenvalue weighted by molar-refractivity contribution is -0.125. The van der Waals surface area contributed by atoms with Gasteiger partial charge in [-0.15, -0.1) is 12.4 Å². The third-order valence-corrected chi connectivity index (χ3v) is 5.13. The van der Waals surface area contributed by atoms with E-state index in [1.54, 1.807) is 23.1 Å². The number of nitrogens with zero attached hydrogens (tertiary/aromatic N) is 1. The molecule has 2 aliphatic rings. The largest absolute Gasteiger partial charge is 0.350 e. The van der Waals surface area contributed by atoms with E-state index < -0.39 is 6.04 Å². The van der Waals surface area contributed by atoms with Gasteiger partial charge in [-0.1, -0.05) is 23.2 Å². The first-order valence-corrected chi connectivity index (χ1v) is 8.59. The number of hydrogen-bond acceptors (Lipinski definition) is 3. The van der Waals surface area contributed by atoms with Gasteiger partial charge in [0, 0.05) is 24.7 Å². The van der Waals surface area contributed by atoms with E-state index in [1.807, 2.05) is 0 Å². The topological polar surface area (TPSA) is 61.4 Å². The molecule has 1 aromatic rings. The van der Waals surface area contributed by atoms with E-state index >= 15 is 0 Å². The second-order valence-electron chi connectivity index (χ2n) is 5.98. The number of carbonyl (C=O) groups excluding carboxylic acids is 2. The van der Waals surface area contributed by atoms with E-state index in [4.69, 9.17) is 23.2 Å². The van der Waals surface area contributed by atoms with Crippen molar-refractivity contribution >= 4 is 47.4 Å². The Bertz CT molecular complexity index is 621. The highest BCUT2D eigenvalue weighted by Crippen LogP contribution is 2.26. The van der Waals surface area contributed by atoms with Crippen LogP contribution in [0.15, 0.2) is 18.2 Å². The summed E-state index contributed by atoms with van der Waals surface area (Å²) in [7, 11) is 0. The van der Waals surface area contributed by atoms with E-state index in [-0.39, 0.29) is 30.3 Å². The number of likely N-dealkylation sites (tertiary alicyclic amines) is 1. The predicted molar refractivity (Wildman–Crippen MR) is 97.2 cm³/mol. The average Bonchev–Trinajstić information content (AvgIpc) is 3.20. The van der Waals surface area contributed by atoms with Gasteiger partial charge in [0.15, 0.2) is 0 Å². The van der Waals surface area contributed by atoms with Crippen LogP contribution in [0.4, 0.5) is 0 Å². The van der Waals surface area contributed by atoms with E-state index in [0.29, 0.717) is 28.6 Å². The summed E-state index contributed by atoms with van der Waals surface area (Å²) in [5.74, 6) is -0.240. The van der Waals surface area contributed by atoms with Gasteiger partial charge in [-0.2, -0.15) is 0 Å². The molecule has 24 heavy (non-hydrogen) atoms. The maximum atomic E-state index is 12.7. The Labute approximate surface area is 157 Å². The van der Waals surface area contributed by atoms with Gasteiger partial charge >= 0.3 is 0 Å². The lowest BCUT2D eigenvalue weighted by Gasteiger charge is -2.25. The Morgan fingerprint density at radius 1 is 1.21 bits per heavy atom. The fourth-order valence-corrected chi connectivity index (χ4v) is 3.45. The molecule has 2 saturated heterocycles. The van der Waals surface area contributed by atoms with Crippen LogP contribution in [-0.2, 0) is 4.79 Å². The number of benzene rings is 1. The molecule has 2 aliphatic heterocycles. The van der Waals surface area contributed by atoms with Gasteiger partial charge in [0.25, 0.3) is 5.91 Å². The van der Waals surface area contributed by atoms with Crippen LogP contribution in [0, 0.1) is 0 Å². The minimum Gasteiger partial charge on any atom is -0.350 e. The fraction of sp³-hybridized carbons (Fsp3) is 0.500. The number of nitrogens with one attached hydrogen (secondary N) is 2. The second-order valence-corrected chi connectivity index (χ2v) is 6.80. The van der Waals surface area contributed by atoms with Crippen molar-refractivity contribution in [2.24, 2.45) is 0 Å². The van der Waals surface area contributed by atoms with Crippen molar-refractivity contribution in [2.75, 3.05) is 19.6 Å². The monoisotopic (exact) mass is 391 g/mol. The normalized spacial score (nSPS) is 23.0. The molecule has 5 nitrogen and oxygen atoms in total. The maximum Gasteiger partial charge on any atom is 0.254 e. The van der Waals surface area contributed by atoms with Crippen LogP contribution in [0.3, 0.4) is 0 Å². The molecule has 0 spiro atoms. The van der Waals surface area contributed by atoms with Crippen molar-refractivity contribution in [3.8, 4) is 0 Å². The van der Waals surface area contributed by atoms with Crippen molar-refractivity contribution in [1.29, 1.82) is 0 Å². The highest BCUT2D eigenvalue weighted by molar-refractivity contribution is 6.42. The summed E-state index contributed by atoms with van der Waals surface area (Å²) in [6.07, 6.45) is 2.45. The van der Waals surface area contributed by atoms with Gasteiger partial charge in [-0.05, 0) is 44.0 Å². The smallest absolute Gasteiger partial charge is 0.254 e. The molecular formula is C16H20Cl3N3O2. The Balaban J connectivity index is 0.00000208. The zero-order chi connectivity index (χ0) is 16.4. The van der Waals surface area contributed by atoms with Crippen LogP contribution in [0.25, 0.3) is 0 Å². The molecule has 2 atom stereocenters. The fourth-order valence-electron chi connectivity index (χ4n) is 3.15. The van der Waals surface area contributed by atoms with Gasteiger partial charge < -0.3 is 15.5 Å². The summed E-state index contributed by atoms with van der Waals surface area (Å²) in [5.41, 5.74) is 0.460. The summed E-state index contributed by atoms with van der Waals surface area (Å²) in [6.45, 7) is 2.29. The molecule has 2 N–H and O–H groups in total. The molecule has 0 radical (unpaired) electrons. The minimum atomic E-state index is -0.405. The first-order valence-electron chi connectivity index (χ1n) is 7.83. The average molecular weight is 393 g/mol. The molecule has 132 valence electrons. The highest BCUT2D eigenvalue weighted by Gasteiger charge is 2.35. The van der Waals surface area contributed by atoms with E-state index in [2.05, 4.69) is 10.6 Å². The Hall–Kier alpha value is -1.01. The van der Waals surface area contributed by atoms with Crippen LogP contribution < -0.4 is 10.6 Å². The Morgan fingerprint density at radius 2 is 2.00 bits per heavy atom. The first kappa shape index (κ1) is 19.3. The molecule has 2 unspecified atom stereocenters. The quantitative estimate of drug-likeness (QED) is 0.831. The molecule has 0 saturated carbocycles. The summed E-state index contributed by atoms with van der Waals surface area (Å²) in [6, 6.07) is 4.56. The minimum absolute atomic E-state index is 0. The molecule has 2 amide bonds. The van der Waals surface area contributed by atoms with Gasteiger partial charge in [-0.3, -0.25) is 9.59 Å². The maximum absolute atomic E-state index is 12.7. The van der Waals surface area contributed by atoms with Crippen LogP contribution in [0.2, 0.25) is 10.0 Å². The number of rotatable bonds is 3. The van der Waals surface area contributed by atoms with Crippen LogP contribution in [0.1, 0.15) is 29.6 Å². The molecule has 8 heteroatoms. The molecule has 1 aromatic carbocycles. The number of amides is 2. The molecule has 0 bridgehead atoms. The molecule has 2 heterocycles.